The molecule has 92 valence electrons. The van der Waals surface area contributed by atoms with Crippen molar-refractivity contribution in [3.8, 4) is 6.07 Å². The van der Waals surface area contributed by atoms with Crippen molar-refractivity contribution in [2.75, 3.05) is 13.7 Å². The summed E-state index contributed by atoms with van der Waals surface area (Å²) in [6.07, 6.45) is 4.84. The Morgan fingerprint density at radius 2 is 2.12 bits per heavy atom. The standard InChI is InChI=1S/C13H24N2O/c1-10-4-5-13(8-11(10)2)16-7-6-12(9-14)15-3/h10-13,15H,4-8H2,1-3H3. The van der Waals surface area contributed by atoms with Crippen LogP contribution in [0.15, 0.2) is 0 Å². The molecule has 0 spiro atoms. The van der Waals surface area contributed by atoms with E-state index in [4.69, 9.17) is 10.00 Å². The summed E-state index contributed by atoms with van der Waals surface area (Å²) in [6, 6.07) is 2.14. The first-order valence-electron chi connectivity index (χ1n) is 6.35. The van der Waals surface area contributed by atoms with Gasteiger partial charge in [0, 0.05) is 6.61 Å². The summed E-state index contributed by atoms with van der Waals surface area (Å²) in [5.41, 5.74) is 0. The fourth-order valence-corrected chi connectivity index (χ4v) is 2.28. The summed E-state index contributed by atoms with van der Waals surface area (Å²) in [5.74, 6) is 1.61. The summed E-state index contributed by atoms with van der Waals surface area (Å²) >= 11 is 0. The highest BCUT2D eigenvalue weighted by molar-refractivity contribution is 4.88. The molecule has 1 rings (SSSR count). The van der Waals surface area contributed by atoms with E-state index in [1.165, 1.54) is 19.3 Å². The lowest BCUT2D eigenvalue weighted by Crippen LogP contribution is -2.29. The van der Waals surface area contributed by atoms with E-state index in [2.05, 4.69) is 25.2 Å². The van der Waals surface area contributed by atoms with Crippen molar-refractivity contribution in [2.45, 2.75) is 51.7 Å². The minimum Gasteiger partial charge on any atom is -0.378 e. The maximum atomic E-state index is 8.77. The summed E-state index contributed by atoms with van der Waals surface area (Å²) in [7, 11) is 1.82. The van der Waals surface area contributed by atoms with E-state index in [0.717, 1.165) is 18.3 Å². The zero-order valence-corrected chi connectivity index (χ0v) is 10.7. The highest BCUT2D eigenvalue weighted by Crippen LogP contribution is 2.30. The molecular weight excluding hydrogens is 200 g/mol. The third-order valence-corrected chi connectivity index (χ3v) is 3.81. The first kappa shape index (κ1) is 13.5. The number of nitriles is 1. The van der Waals surface area contributed by atoms with Gasteiger partial charge in [0.1, 0.15) is 0 Å². The largest absolute Gasteiger partial charge is 0.378 e. The first-order valence-corrected chi connectivity index (χ1v) is 6.35. The van der Waals surface area contributed by atoms with Crippen LogP contribution in [0.1, 0.15) is 39.5 Å². The Bertz CT molecular complexity index is 237. The van der Waals surface area contributed by atoms with E-state index in [0.29, 0.717) is 12.7 Å². The fraction of sp³-hybridized carbons (Fsp3) is 0.923. The molecule has 4 unspecified atom stereocenters. The van der Waals surface area contributed by atoms with Crippen molar-refractivity contribution < 1.29 is 4.74 Å². The molecule has 1 aliphatic rings. The van der Waals surface area contributed by atoms with E-state index in [9.17, 15) is 0 Å². The quantitative estimate of drug-likeness (QED) is 0.779. The Morgan fingerprint density at radius 1 is 1.38 bits per heavy atom. The molecule has 0 aromatic rings. The number of nitrogens with one attached hydrogen (secondary N) is 1. The molecule has 3 nitrogen and oxygen atoms in total. The Morgan fingerprint density at radius 3 is 2.69 bits per heavy atom. The van der Waals surface area contributed by atoms with Crippen LogP contribution in [0.5, 0.6) is 0 Å². The molecule has 0 heterocycles. The molecule has 0 bridgehead atoms. The van der Waals surface area contributed by atoms with Crippen molar-refractivity contribution >= 4 is 0 Å². The summed E-state index contributed by atoms with van der Waals surface area (Å²) in [4.78, 5) is 0. The normalized spacial score (nSPS) is 32.0. The first-order chi connectivity index (χ1) is 7.67. The molecule has 0 amide bonds. The third-order valence-electron chi connectivity index (χ3n) is 3.81. The predicted octanol–water partition coefficient (Wildman–Crippen LogP) is 2.33. The Labute approximate surface area is 99.2 Å². The Kier molecular flexibility index (Phi) is 5.79. The molecule has 0 aromatic heterocycles. The van der Waals surface area contributed by atoms with Gasteiger partial charge in [-0.1, -0.05) is 13.8 Å². The number of rotatable bonds is 5. The molecule has 1 aliphatic carbocycles. The molecule has 1 fully saturated rings. The van der Waals surface area contributed by atoms with Crippen LogP contribution in [0.4, 0.5) is 0 Å². The number of nitrogens with zero attached hydrogens (tertiary/aromatic N) is 1. The average Bonchev–Trinajstić information content (AvgIpc) is 2.29. The van der Waals surface area contributed by atoms with Gasteiger partial charge in [-0.25, -0.2) is 0 Å². The van der Waals surface area contributed by atoms with Crippen molar-refractivity contribution in [3.05, 3.63) is 0 Å². The van der Waals surface area contributed by atoms with Gasteiger partial charge < -0.3 is 10.1 Å². The van der Waals surface area contributed by atoms with Crippen molar-refractivity contribution in [2.24, 2.45) is 11.8 Å². The number of hydrogen-bond donors (Lipinski definition) is 1. The minimum absolute atomic E-state index is 0.0695. The van der Waals surface area contributed by atoms with E-state index >= 15 is 0 Å². The van der Waals surface area contributed by atoms with E-state index in [1.54, 1.807) is 0 Å². The van der Waals surface area contributed by atoms with Crippen molar-refractivity contribution in [3.63, 3.8) is 0 Å². The van der Waals surface area contributed by atoms with Gasteiger partial charge in [0.25, 0.3) is 0 Å². The fourth-order valence-electron chi connectivity index (χ4n) is 2.28. The molecule has 1 N–H and O–H groups in total. The van der Waals surface area contributed by atoms with Crippen LogP contribution in [-0.4, -0.2) is 25.8 Å². The monoisotopic (exact) mass is 224 g/mol. The molecule has 0 aliphatic heterocycles. The minimum atomic E-state index is -0.0695. The molecule has 1 saturated carbocycles. The molecule has 3 heteroatoms. The predicted molar refractivity (Wildman–Crippen MR) is 65.0 cm³/mol. The molecular formula is C13H24N2O. The Hall–Kier alpha value is -0.590. The second-order valence-corrected chi connectivity index (χ2v) is 5.02. The highest BCUT2D eigenvalue weighted by Gasteiger charge is 2.24. The van der Waals surface area contributed by atoms with E-state index in [-0.39, 0.29) is 6.04 Å². The molecule has 0 saturated heterocycles. The lowest BCUT2D eigenvalue weighted by molar-refractivity contribution is 0.000452. The van der Waals surface area contributed by atoms with Gasteiger partial charge in [0.15, 0.2) is 0 Å². The van der Waals surface area contributed by atoms with Gasteiger partial charge in [-0.15, -0.1) is 0 Å². The lowest BCUT2D eigenvalue weighted by atomic mass is 9.80. The van der Waals surface area contributed by atoms with E-state index in [1.807, 2.05) is 7.05 Å². The zero-order valence-electron chi connectivity index (χ0n) is 10.7. The summed E-state index contributed by atoms with van der Waals surface area (Å²) in [6.45, 7) is 5.34. The van der Waals surface area contributed by atoms with Crippen LogP contribution in [0.3, 0.4) is 0 Å². The van der Waals surface area contributed by atoms with Gasteiger partial charge in [0.2, 0.25) is 0 Å². The second kappa shape index (κ2) is 6.88. The molecule has 0 radical (unpaired) electrons. The average molecular weight is 224 g/mol. The summed E-state index contributed by atoms with van der Waals surface area (Å²) < 4.78 is 5.84. The van der Waals surface area contributed by atoms with E-state index < -0.39 is 0 Å². The lowest BCUT2D eigenvalue weighted by Gasteiger charge is -2.32. The van der Waals surface area contributed by atoms with Crippen LogP contribution in [0.2, 0.25) is 0 Å². The van der Waals surface area contributed by atoms with Crippen LogP contribution >= 0.6 is 0 Å². The van der Waals surface area contributed by atoms with Crippen LogP contribution in [0.25, 0.3) is 0 Å². The topological polar surface area (TPSA) is 45.0 Å². The van der Waals surface area contributed by atoms with Crippen LogP contribution < -0.4 is 5.32 Å². The number of ether oxygens (including phenoxy) is 1. The van der Waals surface area contributed by atoms with Crippen LogP contribution in [-0.2, 0) is 4.74 Å². The molecule has 0 aromatic carbocycles. The van der Waals surface area contributed by atoms with Gasteiger partial charge in [-0.05, 0) is 44.6 Å². The van der Waals surface area contributed by atoms with Gasteiger partial charge in [0.05, 0.1) is 18.2 Å². The Balaban J connectivity index is 2.17. The highest BCUT2D eigenvalue weighted by atomic mass is 16.5. The smallest absolute Gasteiger partial charge is 0.0972 e. The maximum Gasteiger partial charge on any atom is 0.0972 e. The number of hydrogen-bond acceptors (Lipinski definition) is 3. The maximum absolute atomic E-state index is 8.77. The van der Waals surface area contributed by atoms with Crippen molar-refractivity contribution in [1.82, 2.24) is 5.32 Å². The van der Waals surface area contributed by atoms with Crippen molar-refractivity contribution in [1.29, 1.82) is 5.26 Å². The van der Waals surface area contributed by atoms with Gasteiger partial charge in [-0.2, -0.15) is 5.26 Å². The third kappa shape index (κ3) is 4.11. The SMILES string of the molecule is CNC(C#N)CCOC1CCC(C)C(C)C1. The zero-order chi connectivity index (χ0) is 12.0. The summed E-state index contributed by atoms with van der Waals surface area (Å²) in [5, 5.41) is 11.7. The van der Waals surface area contributed by atoms with Crippen LogP contribution in [0, 0.1) is 23.2 Å². The molecule has 16 heavy (non-hydrogen) atoms. The molecule has 4 atom stereocenters. The second-order valence-electron chi connectivity index (χ2n) is 5.02. The van der Waals surface area contributed by atoms with Gasteiger partial charge in [-0.3, -0.25) is 0 Å². The van der Waals surface area contributed by atoms with Gasteiger partial charge >= 0.3 is 0 Å².